The number of hydrogen-bond acceptors (Lipinski definition) is 5. The van der Waals surface area contributed by atoms with Crippen LogP contribution >= 0.6 is 0 Å². The number of nitrogens with one attached hydrogen (secondary N) is 1. The summed E-state index contributed by atoms with van der Waals surface area (Å²) in [7, 11) is 0. The fourth-order valence-corrected chi connectivity index (χ4v) is 4.95. The normalized spacial score (nSPS) is 14.5. The van der Waals surface area contributed by atoms with Crippen molar-refractivity contribution in [2.45, 2.75) is 46.5 Å². The monoisotopic (exact) mass is 470 g/mol. The number of pyridine rings is 1. The van der Waals surface area contributed by atoms with Crippen molar-refractivity contribution in [3.63, 3.8) is 0 Å². The highest BCUT2D eigenvalue weighted by atomic mass is 16.2. The zero-order chi connectivity index (χ0) is 24.5. The molecule has 1 aromatic carbocycles. The zero-order valence-electron chi connectivity index (χ0n) is 20.4. The van der Waals surface area contributed by atoms with E-state index in [1.165, 1.54) is 0 Å². The van der Waals surface area contributed by atoms with Gasteiger partial charge in [0, 0.05) is 48.4 Å². The number of rotatable bonds is 5. The van der Waals surface area contributed by atoms with Gasteiger partial charge in [0.05, 0.1) is 5.52 Å². The van der Waals surface area contributed by atoms with Gasteiger partial charge < -0.3 is 10.2 Å². The summed E-state index contributed by atoms with van der Waals surface area (Å²) in [6.07, 6.45) is 4.05. The average molecular weight is 471 g/mol. The Balaban J connectivity index is 1.20. The van der Waals surface area contributed by atoms with Crippen LogP contribution in [-0.4, -0.2) is 49.4 Å². The van der Waals surface area contributed by atoms with E-state index in [1.54, 1.807) is 6.20 Å². The maximum Gasteiger partial charge on any atom is 0.228 e. The van der Waals surface area contributed by atoms with Crippen LogP contribution in [0, 0.1) is 26.7 Å². The second-order valence-electron chi connectivity index (χ2n) is 9.38. The topological polar surface area (TPSA) is 92.5 Å². The summed E-state index contributed by atoms with van der Waals surface area (Å²) in [5.41, 5.74) is 5.85. The number of nitrogens with zero attached hydrogens (tertiary/aromatic N) is 5. The third-order valence-electron chi connectivity index (χ3n) is 6.99. The molecule has 35 heavy (non-hydrogen) atoms. The first-order valence-corrected chi connectivity index (χ1v) is 12.2. The zero-order valence-corrected chi connectivity index (χ0v) is 20.4. The highest BCUT2D eigenvalue weighted by Crippen LogP contribution is 2.24. The summed E-state index contributed by atoms with van der Waals surface area (Å²) in [4.78, 5) is 36.5. The minimum Gasteiger partial charge on any atom is -0.343 e. The first kappa shape index (κ1) is 23.0. The Morgan fingerprint density at radius 2 is 1.86 bits per heavy atom. The summed E-state index contributed by atoms with van der Waals surface area (Å²) in [5.74, 6) is 0.572. The maximum atomic E-state index is 13.0. The molecule has 3 aromatic heterocycles. The number of carbonyl (C=O) groups is 2. The van der Waals surface area contributed by atoms with Crippen LogP contribution < -0.4 is 5.32 Å². The van der Waals surface area contributed by atoms with E-state index in [2.05, 4.69) is 10.3 Å². The van der Waals surface area contributed by atoms with Crippen LogP contribution in [0.25, 0.3) is 16.6 Å². The quantitative estimate of drug-likeness (QED) is 0.476. The lowest BCUT2D eigenvalue weighted by atomic mass is 9.95. The van der Waals surface area contributed by atoms with Gasteiger partial charge in [0.25, 0.3) is 0 Å². The molecule has 0 unspecified atom stereocenters. The third-order valence-corrected chi connectivity index (χ3v) is 6.99. The van der Waals surface area contributed by atoms with Crippen molar-refractivity contribution in [3.8, 4) is 0 Å². The van der Waals surface area contributed by atoms with Gasteiger partial charge in [-0.2, -0.15) is 5.10 Å². The summed E-state index contributed by atoms with van der Waals surface area (Å²) < 4.78 is 1.89. The van der Waals surface area contributed by atoms with Gasteiger partial charge in [-0.15, -0.1) is 0 Å². The second-order valence-corrected chi connectivity index (χ2v) is 9.38. The largest absolute Gasteiger partial charge is 0.343 e. The Labute approximate surface area is 204 Å². The molecule has 1 fully saturated rings. The predicted molar refractivity (Wildman–Crippen MR) is 135 cm³/mol. The summed E-state index contributed by atoms with van der Waals surface area (Å²) in [6, 6.07) is 11.8. The van der Waals surface area contributed by atoms with Crippen LogP contribution in [-0.2, 0) is 16.0 Å². The molecule has 0 radical (unpaired) electrons. The minimum atomic E-state index is -0.105. The van der Waals surface area contributed by atoms with Gasteiger partial charge in [0.2, 0.25) is 11.8 Å². The number of carbonyl (C=O) groups excluding carboxylic acids is 2. The molecule has 0 bridgehead atoms. The minimum absolute atomic E-state index is 0.0209. The molecular formula is C27H30N6O2. The van der Waals surface area contributed by atoms with Crippen LogP contribution in [0.4, 0.5) is 5.82 Å². The molecule has 1 aliphatic heterocycles. The number of piperidine rings is 1. The molecule has 4 aromatic rings. The van der Waals surface area contributed by atoms with E-state index in [0.29, 0.717) is 44.6 Å². The Hall–Kier alpha value is -3.81. The molecule has 2 amide bonds. The molecule has 1 N–H and O–H groups in total. The third kappa shape index (κ3) is 4.60. The Morgan fingerprint density at radius 1 is 1.09 bits per heavy atom. The smallest absolute Gasteiger partial charge is 0.228 e. The van der Waals surface area contributed by atoms with Gasteiger partial charge in [-0.25, -0.2) is 14.5 Å². The average Bonchev–Trinajstić information content (AvgIpc) is 3.22. The maximum absolute atomic E-state index is 13.0. The van der Waals surface area contributed by atoms with Gasteiger partial charge in [-0.1, -0.05) is 12.1 Å². The van der Waals surface area contributed by atoms with Crippen molar-refractivity contribution >= 4 is 34.2 Å². The number of fused-ring (bicyclic) bond motifs is 3. The Kier molecular flexibility index (Phi) is 6.19. The van der Waals surface area contributed by atoms with Crippen LogP contribution in [0.2, 0.25) is 0 Å². The lowest BCUT2D eigenvalue weighted by Gasteiger charge is -2.31. The van der Waals surface area contributed by atoms with E-state index >= 15 is 0 Å². The number of aromatic nitrogens is 4. The second kappa shape index (κ2) is 9.44. The first-order chi connectivity index (χ1) is 16.9. The lowest BCUT2D eigenvalue weighted by Crippen LogP contribution is -2.41. The lowest BCUT2D eigenvalue weighted by molar-refractivity contribution is -0.134. The van der Waals surface area contributed by atoms with E-state index < -0.39 is 0 Å². The molecule has 0 atom stereocenters. The molecule has 0 aliphatic carbocycles. The molecule has 8 heteroatoms. The van der Waals surface area contributed by atoms with Crippen molar-refractivity contribution in [1.82, 2.24) is 24.5 Å². The first-order valence-electron chi connectivity index (χ1n) is 12.2. The van der Waals surface area contributed by atoms with E-state index in [9.17, 15) is 9.59 Å². The molecule has 0 saturated carbocycles. The Bertz CT molecular complexity index is 1420. The van der Waals surface area contributed by atoms with E-state index in [4.69, 9.17) is 10.1 Å². The van der Waals surface area contributed by atoms with Crippen molar-refractivity contribution in [2.24, 2.45) is 5.92 Å². The van der Waals surface area contributed by atoms with Crippen LogP contribution in [0.15, 0.2) is 42.6 Å². The van der Waals surface area contributed by atoms with Gasteiger partial charge >= 0.3 is 0 Å². The number of aryl methyl sites for hydroxylation is 3. The fourth-order valence-electron chi connectivity index (χ4n) is 4.95. The summed E-state index contributed by atoms with van der Waals surface area (Å²) in [5, 5.41) is 8.65. The molecule has 1 aliphatic rings. The number of amides is 2. The number of anilines is 1. The van der Waals surface area contributed by atoms with Gasteiger partial charge in [0.15, 0.2) is 5.65 Å². The van der Waals surface area contributed by atoms with Gasteiger partial charge in [-0.05, 0) is 75.4 Å². The van der Waals surface area contributed by atoms with Gasteiger partial charge in [-0.3, -0.25) is 9.59 Å². The molecule has 180 valence electrons. The summed E-state index contributed by atoms with van der Waals surface area (Å²) >= 11 is 0. The van der Waals surface area contributed by atoms with E-state index in [0.717, 1.165) is 39.1 Å². The van der Waals surface area contributed by atoms with Crippen molar-refractivity contribution < 1.29 is 9.59 Å². The van der Waals surface area contributed by atoms with Crippen molar-refractivity contribution in [1.29, 1.82) is 0 Å². The van der Waals surface area contributed by atoms with E-state index in [-0.39, 0.29) is 17.7 Å². The van der Waals surface area contributed by atoms with Crippen LogP contribution in [0.3, 0.4) is 0 Å². The molecule has 8 nitrogen and oxygen atoms in total. The predicted octanol–water partition coefficient (Wildman–Crippen LogP) is 4.01. The highest BCUT2D eigenvalue weighted by Gasteiger charge is 2.27. The number of likely N-dealkylation sites (tertiary alicyclic amines) is 1. The molecule has 1 saturated heterocycles. The van der Waals surface area contributed by atoms with Crippen molar-refractivity contribution in [3.05, 3.63) is 65.1 Å². The molecule has 4 heterocycles. The Morgan fingerprint density at radius 3 is 2.63 bits per heavy atom. The summed E-state index contributed by atoms with van der Waals surface area (Å²) in [6.45, 7) is 7.20. The molecule has 0 spiro atoms. The standard InChI is InChI=1S/C27H30N6O2/c1-17-10-13-28-24(16-17)30-27(35)20-11-14-32(15-12-20)25(34)9-8-21-18(2)29-26-22-6-4-5-7-23(22)31-33(26)19(21)3/h4-7,10,13,16,20H,8-9,11-12,14-15H2,1-3H3,(H,28,30,35). The molecule has 5 rings (SSSR count). The van der Waals surface area contributed by atoms with Crippen LogP contribution in [0.1, 0.15) is 41.8 Å². The fraction of sp³-hybridized carbons (Fsp3) is 0.370. The van der Waals surface area contributed by atoms with E-state index in [1.807, 2.05) is 66.6 Å². The van der Waals surface area contributed by atoms with Crippen molar-refractivity contribution in [2.75, 3.05) is 18.4 Å². The SMILES string of the molecule is Cc1ccnc(NC(=O)C2CCN(C(=O)CCc3c(C)nc4c5ccccc5nn4c3C)CC2)c1. The molecular weight excluding hydrogens is 440 g/mol. The highest BCUT2D eigenvalue weighted by molar-refractivity contribution is 5.92. The van der Waals surface area contributed by atoms with Crippen LogP contribution in [0.5, 0.6) is 0 Å². The van der Waals surface area contributed by atoms with Gasteiger partial charge in [0.1, 0.15) is 5.82 Å². The number of hydrogen-bond donors (Lipinski definition) is 1. The number of benzene rings is 1.